The quantitative estimate of drug-likeness (QED) is 0.410. The van der Waals surface area contributed by atoms with E-state index in [0.717, 1.165) is 17.0 Å². The predicted octanol–water partition coefficient (Wildman–Crippen LogP) is 3.60. The molecule has 4 rings (SSSR count). The van der Waals surface area contributed by atoms with Crippen LogP contribution in [0.3, 0.4) is 0 Å². The normalized spacial score (nSPS) is 18.4. The van der Waals surface area contributed by atoms with E-state index < -0.39 is 22.2 Å². The van der Waals surface area contributed by atoms with Crippen molar-refractivity contribution in [3.05, 3.63) is 66.2 Å². The lowest BCUT2D eigenvalue weighted by atomic mass is 9.99. The van der Waals surface area contributed by atoms with E-state index in [1.165, 1.54) is 11.0 Å². The van der Waals surface area contributed by atoms with E-state index in [-0.39, 0.29) is 54.6 Å². The molecule has 10 nitrogen and oxygen atoms in total. The molecule has 0 aromatic heterocycles. The molecular formula is C28H34N4O6S. The molecule has 3 aromatic carbocycles. The van der Waals surface area contributed by atoms with E-state index in [2.05, 4.69) is 10.0 Å². The highest BCUT2D eigenvalue weighted by molar-refractivity contribution is 7.92. The second-order valence-corrected chi connectivity index (χ2v) is 11.8. The first-order valence-corrected chi connectivity index (χ1v) is 14.6. The van der Waals surface area contributed by atoms with Crippen molar-refractivity contribution in [3.63, 3.8) is 0 Å². The number of carbonyl (C=O) groups excluding carboxylic acids is 2. The number of rotatable bonds is 7. The van der Waals surface area contributed by atoms with Crippen molar-refractivity contribution in [2.24, 2.45) is 5.92 Å². The van der Waals surface area contributed by atoms with Crippen LogP contribution in [0.2, 0.25) is 0 Å². The molecule has 0 spiro atoms. The number of urea groups is 1. The Morgan fingerprint density at radius 3 is 2.51 bits per heavy atom. The highest BCUT2D eigenvalue weighted by Gasteiger charge is 2.35. The molecule has 0 bridgehead atoms. The Morgan fingerprint density at radius 2 is 1.79 bits per heavy atom. The third-order valence-electron chi connectivity index (χ3n) is 6.82. The first-order chi connectivity index (χ1) is 18.5. The number of anilines is 2. The Balaban J connectivity index is 1.64. The van der Waals surface area contributed by atoms with Crippen molar-refractivity contribution in [1.29, 1.82) is 0 Å². The smallest absolute Gasteiger partial charge is 0.321 e. The number of amides is 3. The number of para-hydroxylation sites is 1. The maximum atomic E-state index is 13.5. The standard InChI is InChI=1S/C28H34N4O6S/c1-18-15-32(19(2)17-33)27(34)22-12-8-14-24(30-39(4,36)37)26(22)38-25(18)16-31(3)28(35)29-23-13-7-10-20-9-5-6-11-21(20)23/h5-14,18-19,25,30,33H,15-17H2,1-4H3,(H,29,35)/t18-,19+,25+/m1/s1. The van der Waals surface area contributed by atoms with Crippen LogP contribution in [0.25, 0.3) is 10.8 Å². The number of nitrogens with one attached hydrogen (secondary N) is 2. The van der Waals surface area contributed by atoms with E-state index in [1.807, 2.05) is 49.4 Å². The lowest BCUT2D eigenvalue weighted by Crippen LogP contribution is -2.50. The molecule has 3 N–H and O–H groups in total. The van der Waals surface area contributed by atoms with E-state index in [4.69, 9.17) is 4.74 Å². The maximum absolute atomic E-state index is 13.5. The zero-order valence-corrected chi connectivity index (χ0v) is 23.2. The number of sulfonamides is 1. The second kappa shape index (κ2) is 11.5. The zero-order chi connectivity index (χ0) is 28.3. The summed E-state index contributed by atoms with van der Waals surface area (Å²) in [7, 11) is -2.02. The minimum absolute atomic E-state index is 0.0856. The van der Waals surface area contributed by atoms with Gasteiger partial charge in [0.1, 0.15) is 6.10 Å². The number of carbonyl (C=O) groups is 2. The van der Waals surface area contributed by atoms with Gasteiger partial charge in [-0.25, -0.2) is 13.2 Å². The van der Waals surface area contributed by atoms with Gasteiger partial charge in [-0.3, -0.25) is 9.52 Å². The van der Waals surface area contributed by atoms with E-state index >= 15 is 0 Å². The first-order valence-electron chi connectivity index (χ1n) is 12.7. The molecule has 3 amide bonds. The summed E-state index contributed by atoms with van der Waals surface area (Å²) in [5, 5.41) is 14.7. The van der Waals surface area contributed by atoms with Gasteiger partial charge in [0, 0.05) is 24.9 Å². The monoisotopic (exact) mass is 554 g/mol. The average molecular weight is 555 g/mol. The third-order valence-corrected chi connectivity index (χ3v) is 7.41. The lowest BCUT2D eigenvalue weighted by molar-refractivity contribution is 0.0373. The summed E-state index contributed by atoms with van der Waals surface area (Å²) in [5.74, 6) is -0.561. The van der Waals surface area contributed by atoms with Crippen molar-refractivity contribution in [1.82, 2.24) is 9.80 Å². The molecule has 1 aliphatic heterocycles. The number of hydrogen-bond acceptors (Lipinski definition) is 6. The number of benzene rings is 3. The number of nitrogens with zero attached hydrogens (tertiary/aromatic N) is 2. The van der Waals surface area contributed by atoms with Crippen LogP contribution in [-0.4, -0.2) is 80.4 Å². The van der Waals surface area contributed by atoms with E-state index in [9.17, 15) is 23.1 Å². The number of hydrogen-bond donors (Lipinski definition) is 3. The van der Waals surface area contributed by atoms with Gasteiger partial charge in [0.25, 0.3) is 5.91 Å². The van der Waals surface area contributed by atoms with Crippen molar-refractivity contribution >= 4 is 44.1 Å². The van der Waals surface area contributed by atoms with Gasteiger partial charge in [-0.2, -0.15) is 0 Å². The summed E-state index contributed by atoms with van der Waals surface area (Å²) < 4.78 is 32.9. The number of ether oxygens (including phenoxy) is 1. The molecule has 3 aromatic rings. The molecule has 0 unspecified atom stereocenters. The summed E-state index contributed by atoms with van der Waals surface area (Å²) in [5.41, 5.74) is 0.973. The molecule has 1 aliphatic rings. The van der Waals surface area contributed by atoms with Gasteiger partial charge < -0.3 is 25.0 Å². The first kappa shape index (κ1) is 28.2. The molecule has 39 heavy (non-hydrogen) atoms. The Hall–Kier alpha value is -3.83. The Morgan fingerprint density at radius 1 is 1.13 bits per heavy atom. The van der Waals surface area contributed by atoms with Crippen LogP contribution < -0.4 is 14.8 Å². The van der Waals surface area contributed by atoms with Gasteiger partial charge in [-0.1, -0.05) is 49.4 Å². The molecule has 0 radical (unpaired) electrons. The highest BCUT2D eigenvalue weighted by Crippen LogP contribution is 2.35. The Kier molecular flexibility index (Phi) is 8.31. The number of aliphatic hydroxyl groups excluding tert-OH is 1. The number of aliphatic hydroxyl groups is 1. The third kappa shape index (κ3) is 6.43. The number of likely N-dealkylation sites (N-methyl/N-ethyl adjacent to an activating group) is 1. The lowest BCUT2D eigenvalue weighted by Gasteiger charge is -2.38. The second-order valence-electron chi connectivity index (χ2n) is 10.0. The largest absolute Gasteiger partial charge is 0.485 e. The topological polar surface area (TPSA) is 128 Å². The fraction of sp³-hybridized carbons (Fsp3) is 0.357. The number of fused-ring (bicyclic) bond motifs is 2. The summed E-state index contributed by atoms with van der Waals surface area (Å²) in [6, 6.07) is 17.3. The Bertz CT molecular complexity index is 1470. The van der Waals surface area contributed by atoms with Crippen LogP contribution in [0.1, 0.15) is 24.2 Å². The van der Waals surface area contributed by atoms with Crippen LogP contribution in [-0.2, 0) is 10.0 Å². The molecule has 0 fully saturated rings. The molecule has 208 valence electrons. The Labute approximate surface area is 228 Å². The van der Waals surface area contributed by atoms with E-state index in [1.54, 1.807) is 31.0 Å². The molecule has 11 heteroatoms. The van der Waals surface area contributed by atoms with Crippen LogP contribution in [0, 0.1) is 5.92 Å². The van der Waals surface area contributed by atoms with Gasteiger partial charge >= 0.3 is 6.03 Å². The van der Waals surface area contributed by atoms with Crippen molar-refractivity contribution < 1.29 is 27.9 Å². The van der Waals surface area contributed by atoms with Crippen LogP contribution >= 0.6 is 0 Å². The summed E-state index contributed by atoms with van der Waals surface area (Å²) >= 11 is 0. The zero-order valence-electron chi connectivity index (χ0n) is 22.4. The van der Waals surface area contributed by atoms with Crippen molar-refractivity contribution in [2.75, 3.05) is 43.0 Å². The average Bonchev–Trinajstić information content (AvgIpc) is 2.89. The maximum Gasteiger partial charge on any atom is 0.321 e. The van der Waals surface area contributed by atoms with Crippen LogP contribution in [0.4, 0.5) is 16.2 Å². The molecule has 1 heterocycles. The molecule has 0 saturated heterocycles. The minimum Gasteiger partial charge on any atom is -0.485 e. The van der Waals surface area contributed by atoms with Gasteiger partial charge in [0.05, 0.1) is 42.4 Å². The van der Waals surface area contributed by atoms with Crippen molar-refractivity contribution in [3.8, 4) is 5.75 Å². The minimum atomic E-state index is -3.67. The molecule has 3 atom stereocenters. The van der Waals surface area contributed by atoms with Crippen molar-refractivity contribution in [2.45, 2.75) is 26.0 Å². The van der Waals surface area contributed by atoms with Gasteiger partial charge in [0.15, 0.2) is 5.75 Å². The molecule has 0 aliphatic carbocycles. The molecular weight excluding hydrogens is 520 g/mol. The van der Waals surface area contributed by atoms with Gasteiger partial charge in [-0.05, 0) is 30.5 Å². The summed E-state index contributed by atoms with van der Waals surface area (Å²) in [4.78, 5) is 29.8. The fourth-order valence-electron chi connectivity index (χ4n) is 4.64. The SMILES string of the molecule is C[C@@H]1CN([C@@H](C)CO)C(=O)c2cccc(NS(C)(=O)=O)c2O[C@H]1CN(C)C(=O)Nc1cccc2ccccc12. The fourth-order valence-corrected chi connectivity index (χ4v) is 5.20. The molecule has 0 saturated carbocycles. The van der Waals surface area contributed by atoms with Crippen LogP contribution in [0.15, 0.2) is 60.7 Å². The van der Waals surface area contributed by atoms with Gasteiger partial charge in [-0.15, -0.1) is 0 Å². The van der Waals surface area contributed by atoms with Crippen LogP contribution in [0.5, 0.6) is 5.75 Å². The van der Waals surface area contributed by atoms with Gasteiger partial charge in [0.2, 0.25) is 10.0 Å². The predicted molar refractivity (Wildman–Crippen MR) is 152 cm³/mol. The highest BCUT2D eigenvalue weighted by atomic mass is 32.2. The summed E-state index contributed by atoms with van der Waals surface area (Å²) in [6.45, 7) is 3.81. The van der Waals surface area contributed by atoms with E-state index in [0.29, 0.717) is 5.69 Å². The summed E-state index contributed by atoms with van der Waals surface area (Å²) in [6.07, 6.45) is 0.416.